The Kier molecular flexibility index (Phi) is 4.18. The fraction of sp³-hybridized carbons (Fsp3) is 1.00. The normalized spacial score (nSPS) is 35.8. The fourth-order valence-corrected chi connectivity index (χ4v) is 4.44. The third-order valence-corrected chi connectivity index (χ3v) is 5.25. The fourth-order valence-electron chi connectivity index (χ4n) is 2.84. The van der Waals surface area contributed by atoms with Crippen molar-refractivity contribution in [2.75, 3.05) is 12.9 Å². The smallest absolute Gasteiger partial charge is 0.0589 e. The van der Waals surface area contributed by atoms with Crippen LogP contribution in [0.1, 0.15) is 44.9 Å². The second kappa shape index (κ2) is 5.41. The van der Waals surface area contributed by atoms with E-state index in [1.807, 2.05) is 7.11 Å². The molecule has 2 atom stereocenters. The average molecular weight is 214 g/mol. The summed E-state index contributed by atoms with van der Waals surface area (Å²) in [5.41, 5.74) is 0. The molecule has 2 fully saturated rings. The van der Waals surface area contributed by atoms with Crippen molar-refractivity contribution in [3.63, 3.8) is 0 Å². The summed E-state index contributed by atoms with van der Waals surface area (Å²) in [5.74, 6) is 2.33. The van der Waals surface area contributed by atoms with Gasteiger partial charge in [-0.1, -0.05) is 19.3 Å². The Morgan fingerprint density at radius 3 is 2.57 bits per heavy atom. The van der Waals surface area contributed by atoms with E-state index in [1.165, 1.54) is 50.7 Å². The van der Waals surface area contributed by atoms with Gasteiger partial charge in [-0.05, 0) is 37.4 Å². The van der Waals surface area contributed by atoms with Crippen molar-refractivity contribution in [3.05, 3.63) is 0 Å². The SMILES string of the molecule is COC1CCSC(C2CCCCC2)C1. The van der Waals surface area contributed by atoms with Gasteiger partial charge in [-0.25, -0.2) is 0 Å². The predicted octanol–water partition coefficient (Wildman–Crippen LogP) is 3.48. The molecule has 2 unspecified atom stereocenters. The zero-order chi connectivity index (χ0) is 9.80. The quantitative estimate of drug-likeness (QED) is 0.696. The Hall–Kier alpha value is 0.310. The highest BCUT2D eigenvalue weighted by Gasteiger charge is 2.29. The lowest BCUT2D eigenvalue weighted by atomic mass is 9.84. The van der Waals surface area contributed by atoms with Gasteiger partial charge in [0.05, 0.1) is 6.10 Å². The van der Waals surface area contributed by atoms with Crippen molar-refractivity contribution in [1.29, 1.82) is 0 Å². The van der Waals surface area contributed by atoms with E-state index in [-0.39, 0.29) is 0 Å². The van der Waals surface area contributed by atoms with Crippen LogP contribution in [0.25, 0.3) is 0 Å². The molecule has 0 aromatic heterocycles. The van der Waals surface area contributed by atoms with E-state index in [4.69, 9.17) is 4.74 Å². The number of methoxy groups -OCH3 is 1. The van der Waals surface area contributed by atoms with Crippen molar-refractivity contribution in [1.82, 2.24) is 0 Å². The minimum atomic E-state index is 0.558. The summed E-state index contributed by atoms with van der Waals surface area (Å²) >= 11 is 2.21. The summed E-state index contributed by atoms with van der Waals surface area (Å²) in [4.78, 5) is 0. The summed E-state index contributed by atoms with van der Waals surface area (Å²) in [6, 6.07) is 0. The number of rotatable bonds is 2. The molecule has 0 radical (unpaired) electrons. The van der Waals surface area contributed by atoms with E-state index >= 15 is 0 Å². The highest BCUT2D eigenvalue weighted by atomic mass is 32.2. The summed E-state index contributed by atoms with van der Waals surface area (Å²) in [7, 11) is 1.87. The first-order valence-electron chi connectivity index (χ1n) is 6.04. The van der Waals surface area contributed by atoms with Crippen LogP contribution >= 0.6 is 11.8 Å². The van der Waals surface area contributed by atoms with Gasteiger partial charge in [0.2, 0.25) is 0 Å². The van der Waals surface area contributed by atoms with Crippen LogP contribution in [-0.4, -0.2) is 24.2 Å². The van der Waals surface area contributed by atoms with E-state index in [1.54, 1.807) is 0 Å². The maximum Gasteiger partial charge on any atom is 0.0589 e. The zero-order valence-electron chi connectivity index (χ0n) is 9.21. The first kappa shape index (κ1) is 10.8. The Morgan fingerprint density at radius 1 is 1.07 bits per heavy atom. The van der Waals surface area contributed by atoms with E-state index in [0.29, 0.717) is 6.10 Å². The topological polar surface area (TPSA) is 9.23 Å². The molecule has 0 amide bonds. The van der Waals surface area contributed by atoms with Crippen molar-refractivity contribution < 1.29 is 4.74 Å². The van der Waals surface area contributed by atoms with Crippen LogP contribution in [0.3, 0.4) is 0 Å². The molecule has 1 heterocycles. The van der Waals surface area contributed by atoms with Crippen LogP contribution < -0.4 is 0 Å². The van der Waals surface area contributed by atoms with Crippen molar-refractivity contribution in [2.45, 2.75) is 56.3 Å². The van der Waals surface area contributed by atoms with Crippen molar-refractivity contribution in [2.24, 2.45) is 5.92 Å². The molecule has 2 rings (SSSR count). The van der Waals surface area contributed by atoms with Crippen molar-refractivity contribution in [3.8, 4) is 0 Å². The van der Waals surface area contributed by atoms with E-state index in [2.05, 4.69) is 11.8 Å². The monoisotopic (exact) mass is 214 g/mol. The molecule has 2 aliphatic rings. The first-order valence-corrected chi connectivity index (χ1v) is 7.09. The number of hydrogen-bond donors (Lipinski definition) is 0. The standard InChI is InChI=1S/C12H22OS/c1-13-11-7-8-14-12(9-11)10-5-3-2-4-6-10/h10-12H,2-9H2,1H3. The summed E-state index contributed by atoms with van der Waals surface area (Å²) in [6.45, 7) is 0. The summed E-state index contributed by atoms with van der Waals surface area (Å²) < 4.78 is 5.50. The lowest BCUT2D eigenvalue weighted by Gasteiger charge is -2.35. The van der Waals surface area contributed by atoms with E-state index in [9.17, 15) is 0 Å². The van der Waals surface area contributed by atoms with Crippen LogP contribution in [0.15, 0.2) is 0 Å². The summed E-state index contributed by atoms with van der Waals surface area (Å²) in [5, 5.41) is 0.911. The van der Waals surface area contributed by atoms with Gasteiger partial charge in [-0.15, -0.1) is 0 Å². The molecule has 0 spiro atoms. The van der Waals surface area contributed by atoms with Gasteiger partial charge in [0.15, 0.2) is 0 Å². The molecule has 1 aliphatic carbocycles. The number of thioether (sulfide) groups is 1. The number of ether oxygens (including phenoxy) is 1. The van der Waals surface area contributed by atoms with Crippen LogP contribution in [0.2, 0.25) is 0 Å². The number of hydrogen-bond acceptors (Lipinski definition) is 2. The van der Waals surface area contributed by atoms with E-state index in [0.717, 1.165) is 11.2 Å². The Labute approximate surface area is 92.0 Å². The predicted molar refractivity (Wildman–Crippen MR) is 62.9 cm³/mol. The van der Waals surface area contributed by atoms with Crippen LogP contribution in [0.5, 0.6) is 0 Å². The third kappa shape index (κ3) is 2.66. The van der Waals surface area contributed by atoms with Gasteiger partial charge in [0.25, 0.3) is 0 Å². The van der Waals surface area contributed by atoms with Gasteiger partial charge < -0.3 is 4.74 Å². The lowest BCUT2D eigenvalue weighted by Crippen LogP contribution is -2.30. The maximum absolute atomic E-state index is 5.50. The largest absolute Gasteiger partial charge is 0.381 e. The second-order valence-corrected chi connectivity index (χ2v) is 6.04. The van der Waals surface area contributed by atoms with Gasteiger partial charge in [-0.2, -0.15) is 11.8 Å². The second-order valence-electron chi connectivity index (χ2n) is 4.69. The van der Waals surface area contributed by atoms with Crippen LogP contribution in [-0.2, 0) is 4.74 Å². The van der Waals surface area contributed by atoms with Gasteiger partial charge in [0.1, 0.15) is 0 Å². The van der Waals surface area contributed by atoms with Gasteiger partial charge >= 0.3 is 0 Å². The summed E-state index contributed by atoms with van der Waals surface area (Å²) in [6.07, 6.45) is 10.5. The molecule has 1 saturated carbocycles. The molecule has 1 nitrogen and oxygen atoms in total. The molecule has 14 heavy (non-hydrogen) atoms. The molecule has 2 heteroatoms. The molecular weight excluding hydrogens is 192 g/mol. The Morgan fingerprint density at radius 2 is 1.86 bits per heavy atom. The minimum Gasteiger partial charge on any atom is -0.381 e. The molecule has 0 aromatic rings. The van der Waals surface area contributed by atoms with Crippen LogP contribution in [0, 0.1) is 5.92 Å². The molecule has 82 valence electrons. The van der Waals surface area contributed by atoms with Gasteiger partial charge in [0, 0.05) is 12.4 Å². The van der Waals surface area contributed by atoms with E-state index < -0.39 is 0 Å². The first-order chi connectivity index (χ1) is 6.90. The van der Waals surface area contributed by atoms with Gasteiger partial charge in [-0.3, -0.25) is 0 Å². The molecule has 1 aliphatic heterocycles. The average Bonchev–Trinajstić information content (AvgIpc) is 2.30. The molecular formula is C12H22OS. The zero-order valence-corrected chi connectivity index (χ0v) is 10.0. The minimum absolute atomic E-state index is 0.558. The molecule has 1 saturated heterocycles. The Bertz CT molecular complexity index is 166. The highest BCUT2D eigenvalue weighted by molar-refractivity contribution is 7.99. The van der Waals surface area contributed by atoms with Crippen molar-refractivity contribution >= 4 is 11.8 Å². The molecule has 0 aromatic carbocycles. The van der Waals surface area contributed by atoms with Crippen LogP contribution in [0.4, 0.5) is 0 Å². The maximum atomic E-state index is 5.50. The molecule has 0 bridgehead atoms. The highest BCUT2D eigenvalue weighted by Crippen LogP contribution is 2.38. The molecule has 0 N–H and O–H groups in total. The third-order valence-electron chi connectivity index (χ3n) is 3.78. The Balaban J connectivity index is 1.83. The lowest BCUT2D eigenvalue weighted by molar-refractivity contribution is 0.0832.